The van der Waals surface area contributed by atoms with Gasteiger partial charge in [-0.15, -0.1) is 0 Å². The molecule has 0 bridgehead atoms. The van der Waals surface area contributed by atoms with Crippen molar-refractivity contribution in [2.45, 2.75) is 79.3 Å². The van der Waals surface area contributed by atoms with Crippen molar-refractivity contribution in [3.05, 3.63) is 64.7 Å². The minimum Gasteiger partial charge on any atom is -0.354 e. The first-order chi connectivity index (χ1) is 17.5. The van der Waals surface area contributed by atoms with Gasteiger partial charge in [0.1, 0.15) is 6.04 Å². The summed E-state index contributed by atoms with van der Waals surface area (Å²) in [5, 5.41) is 2.98. The van der Waals surface area contributed by atoms with Gasteiger partial charge in [-0.25, -0.2) is 8.42 Å². The standard InChI is InChI=1S/C29H43N3O4S/c1-7-9-16-30-29(34)27(8-2)31(21-25-14-11-10-13-24(25)5)28(33)15-12-17-32(37(6,35)36)26-19-22(3)18-23(4)20-26/h10-11,13-14,18-20,27H,7-9,12,15-17,21H2,1-6H3,(H,30,34)/t27-/m1/s1. The van der Waals surface area contributed by atoms with Crippen LogP contribution in [0.3, 0.4) is 0 Å². The fraction of sp³-hybridized carbons (Fsp3) is 0.517. The van der Waals surface area contributed by atoms with Gasteiger partial charge < -0.3 is 10.2 Å². The highest BCUT2D eigenvalue weighted by atomic mass is 32.2. The Kier molecular flexibility index (Phi) is 11.6. The number of carbonyl (C=O) groups is 2. The normalized spacial score (nSPS) is 12.2. The summed E-state index contributed by atoms with van der Waals surface area (Å²) in [4.78, 5) is 28.2. The number of unbranched alkanes of at least 4 members (excludes halogenated alkanes) is 1. The molecule has 2 aromatic carbocycles. The van der Waals surface area contributed by atoms with Crippen molar-refractivity contribution in [1.29, 1.82) is 0 Å². The van der Waals surface area contributed by atoms with E-state index in [9.17, 15) is 18.0 Å². The third-order valence-corrected chi connectivity index (χ3v) is 7.66. The molecule has 204 valence electrons. The molecule has 0 saturated carbocycles. The molecule has 2 rings (SSSR count). The number of hydrogen-bond donors (Lipinski definition) is 1. The molecule has 37 heavy (non-hydrogen) atoms. The van der Waals surface area contributed by atoms with E-state index in [1.807, 2.05) is 70.2 Å². The Bertz CT molecular complexity index is 1140. The van der Waals surface area contributed by atoms with E-state index >= 15 is 0 Å². The highest BCUT2D eigenvalue weighted by Crippen LogP contribution is 2.23. The fourth-order valence-corrected chi connectivity index (χ4v) is 5.44. The lowest BCUT2D eigenvalue weighted by Gasteiger charge is -2.31. The number of benzene rings is 2. The maximum absolute atomic E-state index is 13.5. The largest absolute Gasteiger partial charge is 0.354 e. The predicted molar refractivity (Wildman–Crippen MR) is 151 cm³/mol. The Hall–Kier alpha value is -2.87. The van der Waals surface area contributed by atoms with E-state index in [1.165, 1.54) is 10.6 Å². The van der Waals surface area contributed by atoms with E-state index in [-0.39, 0.29) is 24.8 Å². The molecule has 0 fully saturated rings. The zero-order chi connectivity index (χ0) is 27.6. The number of rotatable bonds is 14. The molecule has 0 unspecified atom stereocenters. The predicted octanol–water partition coefficient (Wildman–Crippen LogP) is 4.88. The number of nitrogens with zero attached hydrogens (tertiary/aromatic N) is 2. The third kappa shape index (κ3) is 9.18. The molecule has 2 amide bonds. The number of sulfonamides is 1. The quantitative estimate of drug-likeness (QED) is 0.353. The second-order valence-corrected chi connectivity index (χ2v) is 11.7. The molecule has 1 N–H and O–H groups in total. The Morgan fingerprint density at radius 2 is 1.62 bits per heavy atom. The Balaban J connectivity index is 2.23. The zero-order valence-corrected chi connectivity index (χ0v) is 24.0. The molecule has 0 aliphatic carbocycles. The van der Waals surface area contributed by atoms with Gasteiger partial charge in [-0.2, -0.15) is 0 Å². The van der Waals surface area contributed by atoms with Crippen LogP contribution in [0.4, 0.5) is 5.69 Å². The summed E-state index contributed by atoms with van der Waals surface area (Å²) >= 11 is 0. The van der Waals surface area contributed by atoms with Gasteiger partial charge in [0.25, 0.3) is 0 Å². The number of anilines is 1. The summed E-state index contributed by atoms with van der Waals surface area (Å²) in [5.41, 5.74) is 4.60. The number of aryl methyl sites for hydroxylation is 3. The Labute approximate surface area is 223 Å². The highest BCUT2D eigenvalue weighted by Gasteiger charge is 2.29. The van der Waals surface area contributed by atoms with Crippen molar-refractivity contribution >= 4 is 27.5 Å². The number of amides is 2. The van der Waals surface area contributed by atoms with Gasteiger partial charge in [-0.3, -0.25) is 13.9 Å². The lowest BCUT2D eigenvalue weighted by atomic mass is 10.0. The Morgan fingerprint density at radius 3 is 2.19 bits per heavy atom. The van der Waals surface area contributed by atoms with Crippen LogP contribution in [0.5, 0.6) is 0 Å². The van der Waals surface area contributed by atoms with Crippen LogP contribution in [-0.2, 0) is 26.2 Å². The van der Waals surface area contributed by atoms with Crippen LogP contribution < -0.4 is 9.62 Å². The van der Waals surface area contributed by atoms with Crippen molar-refractivity contribution in [3.63, 3.8) is 0 Å². The molecular weight excluding hydrogens is 486 g/mol. The maximum atomic E-state index is 13.5. The molecule has 0 heterocycles. The van der Waals surface area contributed by atoms with Crippen molar-refractivity contribution in [1.82, 2.24) is 10.2 Å². The van der Waals surface area contributed by atoms with E-state index in [2.05, 4.69) is 12.2 Å². The van der Waals surface area contributed by atoms with Gasteiger partial charge in [0.05, 0.1) is 11.9 Å². The molecule has 0 radical (unpaired) electrons. The van der Waals surface area contributed by atoms with Gasteiger partial charge in [0.15, 0.2) is 0 Å². The minimum absolute atomic E-state index is 0.140. The van der Waals surface area contributed by atoms with Crippen molar-refractivity contribution in [2.24, 2.45) is 0 Å². The van der Waals surface area contributed by atoms with Crippen LogP contribution >= 0.6 is 0 Å². The summed E-state index contributed by atoms with van der Waals surface area (Å²) in [7, 11) is -3.53. The third-order valence-electron chi connectivity index (χ3n) is 6.46. The van der Waals surface area contributed by atoms with Crippen LogP contribution in [0.15, 0.2) is 42.5 Å². The molecule has 0 aliphatic heterocycles. The second kappa shape index (κ2) is 14.2. The zero-order valence-electron chi connectivity index (χ0n) is 23.2. The number of carbonyl (C=O) groups excluding carboxylic acids is 2. The van der Waals surface area contributed by atoms with Crippen LogP contribution in [0, 0.1) is 20.8 Å². The lowest BCUT2D eigenvalue weighted by Crippen LogP contribution is -2.49. The van der Waals surface area contributed by atoms with Gasteiger partial charge >= 0.3 is 0 Å². The summed E-state index contributed by atoms with van der Waals surface area (Å²) in [6.07, 6.45) is 4.02. The molecule has 2 aromatic rings. The van der Waals surface area contributed by atoms with Crippen molar-refractivity contribution in [3.8, 4) is 0 Å². The average molecular weight is 530 g/mol. The van der Waals surface area contributed by atoms with Crippen molar-refractivity contribution < 1.29 is 18.0 Å². The Morgan fingerprint density at radius 1 is 0.973 bits per heavy atom. The van der Waals surface area contributed by atoms with Crippen molar-refractivity contribution in [2.75, 3.05) is 23.7 Å². The van der Waals surface area contributed by atoms with E-state index < -0.39 is 16.1 Å². The summed E-state index contributed by atoms with van der Waals surface area (Å²) < 4.78 is 26.5. The molecule has 8 heteroatoms. The maximum Gasteiger partial charge on any atom is 0.242 e. The first-order valence-corrected chi connectivity index (χ1v) is 15.0. The summed E-state index contributed by atoms with van der Waals surface area (Å²) in [5.74, 6) is -0.305. The minimum atomic E-state index is -3.53. The molecule has 7 nitrogen and oxygen atoms in total. The van der Waals surface area contributed by atoms with E-state index in [1.54, 1.807) is 4.90 Å². The summed E-state index contributed by atoms with van der Waals surface area (Å²) in [6, 6.07) is 12.9. The van der Waals surface area contributed by atoms with Gasteiger partial charge in [-0.1, -0.05) is 50.6 Å². The second-order valence-electron chi connectivity index (χ2n) is 9.80. The highest BCUT2D eigenvalue weighted by molar-refractivity contribution is 7.92. The number of nitrogens with one attached hydrogen (secondary N) is 1. The van der Waals surface area contributed by atoms with Crippen LogP contribution in [0.25, 0.3) is 0 Å². The first kappa shape index (κ1) is 30.4. The monoisotopic (exact) mass is 529 g/mol. The molecule has 0 aromatic heterocycles. The SMILES string of the molecule is CCCCNC(=O)[C@@H](CC)N(Cc1ccccc1C)C(=O)CCCN(c1cc(C)cc(C)c1)S(C)(=O)=O. The fourth-order valence-electron chi connectivity index (χ4n) is 4.50. The molecule has 0 aliphatic rings. The van der Waals surface area contributed by atoms with Gasteiger partial charge in [0.2, 0.25) is 21.8 Å². The van der Waals surface area contributed by atoms with Crippen LogP contribution in [0.2, 0.25) is 0 Å². The average Bonchev–Trinajstić information content (AvgIpc) is 2.81. The lowest BCUT2D eigenvalue weighted by molar-refractivity contribution is -0.141. The smallest absolute Gasteiger partial charge is 0.242 e. The van der Waals surface area contributed by atoms with E-state index in [4.69, 9.17) is 0 Å². The van der Waals surface area contributed by atoms with E-state index in [0.717, 1.165) is 35.1 Å². The first-order valence-electron chi connectivity index (χ1n) is 13.2. The van der Waals surface area contributed by atoms with E-state index in [0.29, 0.717) is 31.6 Å². The summed E-state index contributed by atoms with van der Waals surface area (Å²) in [6.45, 7) is 10.9. The van der Waals surface area contributed by atoms with Gasteiger partial charge in [-0.05, 0) is 74.4 Å². The van der Waals surface area contributed by atoms with Crippen LogP contribution in [0.1, 0.15) is 68.2 Å². The molecule has 0 spiro atoms. The number of hydrogen-bond acceptors (Lipinski definition) is 4. The topological polar surface area (TPSA) is 86.8 Å². The molecular formula is C29H43N3O4S. The van der Waals surface area contributed by atoms with Crippen LogP contribution in [-0.4, -0.2) is 50.5 Å². The molecule has 1 atom stereocenters. The van der Waals surface area contributed by atoms with Gasteiger partial charge in [0, 0.05) is 26.1 Å². The molecule has 0 saturated heterocycles.